The maximum atomic E-state index is 14.1. The molecule has 0 bridgehead atoms. The van der Waals surface area contributed by atoms with E-state index < -0.39 is 5.82 Å². The van der Waals surface area contributed by atoms with Gasteiger partial charge in [0.1, 0.15) is 11.5 Å². The zero-order valence-electron chi connectivity index (χ0n) is 12.5. The molecule has 24 heavy (non-hydrogen) atoms. The molecule has 3 aromatic rings. The molecule has 0 spiro atoms. The van der Waals surface area contributed by atoms with Crippen molar-refractivity contribution in [2.75, 3.05) is 12.5 Å². The number of nitrogens with two attached hydrogens (primary N) is 1. The summed E-state index contributed by atoms with van der Waals surface area (Å²) in [5.74, 6) is 0.530. The smallest absolute Gasteiger partial charge is 0.251 e. The van der Waals surface area contributed by atoms with Crippen LogP contribution in [-0.2, 0) is 0 Å². The van der Waals surface area contributed by atoms with Crippen LogP contribution in [0, 0.1) is 17.1 Å². The molecule has 6 heteroatoms. The maximum absolute atomic E-state index is 14.1. The molecule has 0 unspecified atom stereocenters. The van der Waals surface area contributed by atoms with E-state index in [1.54, 1.807) is 30.3 Å². The van der Waals surface area contributed by atoms with Crippen LogP contribution in [0.4, 0.5) is 10.1 Å². The molecule has 2 aromatic carbocycles. The largest absolute Gasteiger partial charge is 0.618 e. The summed E-state index contributed by atoms with van der Waals surface area (Å²) in [4.78, 5) is 0. The van der Waals surface area contributed by atoms with Gasteiger partial charge < -0.3 is 20.4 Å². The first-order chi connectivity index (χ1) is 11.7. The number of anilines is 1. The maximum Gasteiger partial charge on any atom is 0.251 e. The van der Waals surface area contributed by atoms with Gasteiger partial charge in [-0.2, -0.15) is 4.73 Å². The van der Waals surface area contributed by atoms with Crippen molar-refractivity contribution in [1.82, 2.24) is 0 Å². The zero-order chi connectivity index (χ0) is 16.7. The Bertz CT molecular complexity index is 944. The van der Waals surface area contributed by atoms with Gasteiger partial charge in [-0.25, -0.2) is 4.39 Å². The van der Waals surface area contributed by atoms with Crippen LogP contribution in [-0.4, -0.2) is 6.79 Å². The first kappa shape index (κ1) is 14.3. The number of nitrogen functional groups attached to an aromatic ring is 1. The monoisotopic (exact) mass is 323 g/mol. The highest BCUT2D eigenvalue weighted by Crippen LogP contribution is 2.43. The van der Waals surface area contributed by atoms with Crippen LogP contribution in [0.2, 0.25) is 0 Å². The number of hydrogen-bond acceptors (Lipinski definition) is 4. The minimum Gasteiger partial charge on any atom is -0.618 e. The van der Waals surface area contributed by atoms with Gasteiger partial charge in [-0.3, -0.25) is 0 Å². The van der Waals surface area contributed by atoms with Crippen LogP contribution < -0.4 is 19.9 Å². The lowest BCUT2D eigenvalue weighted by Gasteiger charge is -2.13. The molecule has 0 fully saturated rings. The highest BCUT2D eigenvalue weighted by atomic mass is 19.1. The van der Waals surface area contributed by atoms with Crippen LogP contribution in [0.3, 0.4) is 0 Å². The number of hydrogen-bond donors (Lipinski definition) is 1. The Labute approximate surface area is 137 Å². The van der Waals surface area contributed by atoms with Crippen LogP contribution in [0.1, 0.15) is 0 Å². The van der Waals surface area contributed by atoms with Gasteiger partial charge in [0.25, 0.3) is 5.69 Å². The Hall–Kier alpha value is -3.28. The SMILES string of the molecule is Nc1c(-c2cc[c]cc2F)cc[n+]([O-])c1-c1cccc2c1OCO2. The normalized spacial score (nSPS) is 12.4. The second-order valence-corrected chi connectivity index (χ2v) is 5.26. The number of pyridine rings is 1. The highest BCUT2D eigenvalue weighted by molar-refractivity contribution is 5.87. The molecule has 0 amide bonds. The summed E-state index contributed by atoms with van der Waals surface area (Å²) < 4.78 is 25.5. The van der Waals surface area contributed by atoms with Crippen molar-refractivity contribution in [2.24, 2.45) is 0 Å². The van der Waals surface area contributed by atoms with E-state index in [4.69, 9.17) is 15.2 Å². The van der Waals surface area contributed by atoms with E-state index in [1.165, 1.54) is 18.3 Å². The van der Waals surface area contributed by atoms with Crippen molar-refractivity contribution in [3.63, 3.8) is 0 Å². The average Bonchev–Trinajstić information content (AvgIpc) is 3.05. The first-order valence-electron chi connectivity index (χ1n) is 7.23. The number of rotatable bonds is 2. The van der Waals surface area contributed by atoms with Crippen LogP contribution >= 0.6 is 0 Å². The van der Waals surface area contributed by atoms with Crippen molar-refractivity contribution in [1.29, 1.82) is 0 Å². The molecule has 0 saturated heterocycles. The Kier molecular flexibility index (Phi) is 3.23. The van der Waals surface area contributed by atoms with Crippen molar-refractivity contribution in [3.8, 4) is 33.9 Å². The van der Waals surface area contributed by atoms with E-state index in [9.17, 15) is 9.60 Å². The number of benzene rings is 2. The lowest BCUT2D eigenvalue weighted by atomic mass is 9.99. The topological polar surface area (TPSA) is 71.4 Å². The Morgan fingerprint density at radius 1 is 1.12 bits per heavy atom. The van der Waals surface area contributed by atoms with Crippen molar-refractivity contribution in [3.05, 3.63) is 65.8 Å². The minimum atomic E-state index is -0.461. The molecule has 0 aliphatic carbocycles. The molecule has 0 atom stereocenters. The molecule has 1 aliphatic heterocycles. The summed E-state index contributed by atoms with van der Waals surface area (Å²) in [6.45, 7) is 0.0773. The van der Waals surface area contributed by atoms with Gasteiger partial charge in [0.05, 0.1) is 5.56 Å². The number of nitrogens with zero attached hydrogens (tertiary/aromatic N) is 1. The van der Waals surface area contributed by atoms with Gasteiger partial charge in [0.2, 0.25) is 6.79 Å². The van der Waals surface area contributed by atoms with Crippen molar-refractivity contribution >= 4 is 5.69 Å². The second-order valence-electron chi connectivity index (χ2n) is 5.26. The average molecular weight is 323 g/mol. The number of aromatic nitrogens is 1. The van der Waals surface area contributed by atoms with Crippen molar-refractivity contribution in [2.45, 2.75) is 0 Å². The molecule has 5 nitrogen and oxygen atoms in total. The number of ether oxygens (including phenoxy) is 2. The fourth-order valence-corrected chi connectivity index (χ4v) is 2.80. The first-order valence-corrected chi connectivity index (χ1v) is 7.23. The van der Waals surface area contributed by atoms with E-state index in [0.29, 0.717) is 32.9 Å². The van der Waals surface area contributed by atoms with Gasteiger partial charge in [-0.05, 0) is 24.3 Å². The summed E-state index contributed by atoms with van der Waals surface area (Å²) >= 11 is 0. The van der Waals surface area contributed by atoms with Gasteiger partial charge in [0, 0.05) is 17.2 Å². The lowest BCUT2D eigenvalue weighted by Crippen LogP contribution is -2.30. The molecule has 4 rings (SSSR count). The molecular formula is C18H12FN2O3. The molecule has 0 saturated carbocycles. The van der Waals surface area contributed by atoms with Gasteiger partial charge in [-0.15, -0.1) is 0 Å². The molecule has 2 N–H and O–H groups in total. The summed E-state index contributed by atoms with van der Waals surface area (Å²) in [5.41, 5.74) is 7.82. The number of fused-ring (bicyclic) bond motifs is 1. The third kappa shape index (κ3) is 2.11. The van der Waals surface area contributed by atoms with Crippen LogP contribution in [0.5, 0.6) is 11.5 Å². The summed E-state index contributed by atoms with van der Waals surface area (Å²) in [6.07, 6.45) is 1.30. The van der Waals surface area contributed by atoms with E-state index in [0.717, 1.165) is 0 Å². The Morgan fingerprint density at radius 3 is 2.83 bits per heavy atom. The third-order valence-corrected chi connectivity index (χ3v) is 3.90. The van der Waals surface area contributed by atoms with Gasteiger partial charge >= 0.3 is 0 Å². The predicted octanol–water partition coefficient (Wildman–Crippen LogP) is 2.90. The van der Waals surface area contributed by atoms with Gasteiger partial charge in [-0.1, -0.05) is 18.2 Å². The van der Waals surface area contributed by atoms with Crippen LogP contribution in [0.25, 0.3) is 22.4 Å². The molecular weight excluding hydrogens is 311 g/mol. The molecule has 1 aliphatic rings. The highest BCUT2D eigenvalue weighted by Gasteiger charge is 2.27. The standard InChI is InChI=1S/C18H12FN2O3/c19-14-6-2-1-4-11(14)12-8-9-21(22)17(16(12)20)13-5-3-7-15-18(13)24-10-23-15/h1,3-9H,10,20H2. The predicted molar refractivity (Wildman–Crippen MR) is 85.6 cm³/mol. The second kappa shape index (κ2) is 5.42. The fourth-order valence-electron chi connectivity index (χ4n) is 2.80. The summed E-state index contributed by atoms with van der Waals surface area (Å²) in [6, 6.07) is 13.7. The Morgan fingerprint density at radius 2 is 2.00 bits per heavy atom. The molecule has 119 valence electrons. The van der Waals surface area contributed by atoms with E-state index >= 15 is 0 Å². The van der Waals surface area contributed by atoms with Crippen molar-refractivity contribution < 1.29 is 18.6 Å². The van der Waals surface area contributed by atoms with E-state index in [1.807, 2.05) is 0 Å². The van der Waals surface area contributed by atoms with E-state index in [-0.39, 0.29) is 18.2 Å². The summed E-state index contributed by atoms with van der Waals surface area (Å²) in [5, 5.41) is 12.3. The number of halogens is 1. The lowest BCUT2D eigenvalue weighted by molar-refractivity contribution is -0.592. The molecule has 2 heterocycles. The molecule has 1 aromatic heterocycles. The van der Waals surface area contributed by atoms with Crippen LogP contribution in [0.15, 0.2) is 48.7 Å². The third-order valence-electron chi connectivity index (χ3n) is 3.90. The zero-order valence-corrected chi connectivity index (χ0v) is 12.5. The summed E-state index contributed by atoms with van der Waals surface area (Å²) in [7, 11) is 0. The number of para-hydroxylation sites is 1. The minimum absolute atomic E-state index is 0.0773. The molecule has 1 radical (unpaired) electrons. The fraction of sp³-hybridized carbons (Fsp3) is 0.0556. The van der Waals surface area contributed by atoms with E-state index in [2.05, 4.69) is 6.07 Å². The quantitative estimate of drug-likeness (QED) is 0.581. The van der Waals surface area contributed by atoms with Gasteiger partial charge in [0.15, 0.2) is 17.7 Å². The Balaban J connectivity index is 1.97.